The van der Waals surface area contributed by atoms with Crippen LogP contribution in [0.4, 0.5) is 17.6 Å². The Morgan fingerprint density at radius 3 is 2.40 bits per heavy atom. The molecule has 11 heteroatoms. The Morgan fingerprint density at radius 2 is 1.83 bits per heavy atom. The maximum atomic E-state index is 14.6. The van der Waals surface area contributed by atoms with Crippen molar-refractivity contribution >= 4 is 11.8 Å². The highest BCUT2D eigenvalue weighted by Crippen LogP contribution is 2.37. The van der Waals surface area contributed by atoms with E-state index in [0.29, 0.717) is 22.5 Å². The Hall–Kier alpha value is -3.76. The second-order valence-corrected chi connectivity index (χ2v) is 8.55. The van der Waals surface area contributed by atoms with Crippen molar-refractivity contribution in [1.29, 1.82) is 0 Å². The molecule has 0 radical (unpaired) electrons. The third kappa shape index (κ3) is 5.50. The highest BCUT2D eigenvalue weighted by molar-refractivity contribution is 5.94. The molecule has 4 rings (SSSR count). The number of carbonyl (C=O) groups excluding carboxylic acids is 2. The average molecular weight is 490 g/mol. The van der Waals surface area contributed by atoms with Crippen molar-refractivity contribution in [3.05, 3.63) is 59.7 Å². The van der Waals surface area contributed by atoms with Crippen LogP contribution in [-0.4, -0.2) is 33.7 Å². The summed E-state index contributed by atoms with van der Waals surface area (Å²) < 4.78 is 57.1. The monoisotopic (exact) mass is 490 g/mol. The van der Waals surface area contributed by atoms with Gasteiger partial charge in [-0.25, -0.2) is 4.39 Å². The van der Waals surface area contributed by atoms with E-state index in [1.807, 2.05) is 0 Å². The first kappa shape index (κ1) is 24.4. The van der Waals surface area contributed by atoms with Crippen LogP contribution in [0.1, 0.15) is 43.6 Å². The lowest BCUT2D eigenvalue weighted by Crippen LogP contribution is -2.50. The van der Waals surface area contributed by atoms with Crippen molar-refractivity contribution < 1.29 is 31.7 Å². The van der Waals surface area contributed by atoms with Gasteiger partial charge in [-0.1, -0.05) is 41.6 Å². The molecular weight excluding hydrogens is 468 g/mol. The molecule has 1 aliphatic rings. The van der Waals surface area contributed by atoms with E-state index in [-0.39, 0.29) is 24.3 Å². The summed E-state index contributed by atoms with van der Waals surface area (Å²) in [6.45, 7) is 3.35. The predicted molar refractivity (Wildman–Crippen MR) is 117 cm³/mol. The van der Waals surface area contributed by atoms with Crippen LogP contribution in [-0.2, 0) is 9.59 Å². The number of nitrogens with one attached hydrogen (secondary N) is 2. The summed E-state index contributed by atoms with van der Waals surface area (Å²) in [6, 6.07) is 11.1. The van der Waals surface area contributed by atoms with Crippen LogP contribution in [0.2, 0.25) is 0 Å². The van der Waals surface area contributed by atoms with Gasteiger partial charge in [-0.3, -0.25) is 9.59 Å². The van der Waals surface area contributed by atoms with Crippen LogP contribution in [0.3, 0.4) is 0 Å². The van der Waals surface area contributed by atoms with Gasteiger partial charge in [0, 0.05) is 0 Å². The number of halogens is 4. The molecule has 1 fully saturated rings. The SMILES string of the molecule is Cc1noc(-c2c(F)cccc2-c2ccc([C@@H](C)NC(=O)C3(NC(=O)CC(F)(F)F)CC3)cc2)n1. The first-order valence-electron chi connectivity index (χ1n) is 10.9. The highest BCUT2D eigenvalue weighted by atomic mass is 19.4. The molecule has 35 heavy (non-hydrogen) atoms. The number of hydrogen-bond donors (Lipinski definition) is 2. The van der Waals surface area contributed by atoms with Gasteiger partial charge >= 0.3 is 6.18 Å². The minimum atomic E-state index is -4.64. The summed E-state index contributed by atoms with van der Waals surface area (Å²) in [4.78, 5) is 28.4. The molecule has 0 bridgehead atoms. The molecule has 1 saturated carbocycles. The molecule has 3 aromatic rings. The summed E-state index contributed by atoms with van der Waals surface area (Å²) in [5.74, 6) is -1.86. The van der Waals surface area contributed by atoms with Gasteiger partial charge in [0.05, 0.1) is 11.6 Å². The van der Waals surface area contributed by atoms with Gasteiger partial charge in [-0.05, 0) is 49.4 Å². The van der Waals surface area contributed by atoms with E-state index < -0.39 is 41.8 Å². The Balaban J connectivity index is 1.47. The summed E-state index contributed by atoms with van der Waals surface area (Å²) in [6.07, 6.45) is -5.74. The van der Waals surface area contributed by atoms with E-state index >= 15 is 0 Å². The lowest BCUT2D eigenvalue weighted by atomic mass is 9.97. The van der Waals surface area contributed by atoms with Gasteiger partial charge in [0.2, 0.25) is 11.8 Å². The minimum absolute atomic E-state index is 0.0580. The Morgan fingerprint density at radius 1 is 1.14 bits per heavy atom. The number of aromatic nitrogens is 2. The smallest absolute Gasteiger partial charge is 0.348 e. The van der Waals surface area contributed by atoms with Crippen molar-refractivity contribution in [2.45, 2.75) is 50.9 Å². The minimum Gasteiger partial charge on any atom is -0.348 e. The quantitative estimate of drug-likeness (QED) is 0.471. The first-order chi connectivity index (χ1) is 16.5. The molecule has 0 saturated heterocycles. The fraction of sp³-hybridized carbons (Fsp3) is 0.333. The third-order valence-corrected chi connectivity index (χ3v) is 5.75. The number of carbonyl (C=O) groups is 2. The number of benzene rings is 2. The molecular formula is C24H22F4N4O3. The van der Waals surface area contributed by atoms with Crippen LogP contribution >= 0.6 is 0 Å². The second-order valence-electron chi connectivity index (χ2n) is 8.55. The van der Waals surface area contributed by atoms with Crippen molar-refractivity contribution in [1.82, 2.24) is 20.8 Å². The van der Waals surface area contributed by atoms with E-state index in [2.05, 4.69) is 20.8 Å². The zero-order valence-corrected chi connectivity index (χ0v) is 18.9. The van der Waals surface area contributed by atoms with E-state index in [4.69, 9.17) is 4.52 Å². The number of amides is 2. The van der Waals surface area contributed by atoms with E-state index in [1.54, 1.807) is 50.2 Å². The van der Waals surface area contributed by atoms with Crippen molar-refractivity contribution in [3.8, 4) is 22.6 Å². The zero-order chi connectivity index (χ0) is 25.4. The average Bonchev–Trinajstić information content (AvgIpc) is 3.43. The first-order valence-corrected chi connectivity index (χ1v) is 10.9. The zero-order valence-electron chi connectivity index (χ0n) is 18.9. The predicted octanol–water partition coefficient (Wildman–Crippen LogP) is 4.63. The molecule has 184 valence electrons. The van der Waals surface area contributed by atoms with Gasteiger partial charge in [0.1, 0.15) is 17.8 Å². The molecule has 1 aliphatic carbocycles. The molecule has 0 aliphatic heterocycles. The number of aryl methyl sites for hydroxylation is 1. The van der Waals surface area contributed by atoms with Gasteiger partial charge < -0.3 is 15.2 Å². The largest absolute Gasteiger partial charge is 0.397 e. The Kier molecular flexibility index (Phi) is 6.35. The topological polar surface area (TPSA) is 97.1 Å². The lowest BCUT2D eigenvalue weighted by Gasteiger charge is -2.21. The van der Waals surface area contributed by atoms with Gasteiger partial charge in [-0.15, -0.1) is 0 Å². The lowest BCUT2D eigenvalue weighted by molar-refractivity contribution is -0.155. The van der Waals surface area contributed by atoms with Gasteiger partial charge in [-0.2, -0.15) is 18.2 Å². The second kappa shape index (κ2) is 9.12. The third-order valence-electron chi connectivity index (χ3n) is 5.75. The summed E-state index contributed by atoms with van der Waals surface area (Å²) in [7, 11) is 0. The molecule has 0 spiro atoms. The Labute approximate surface area is 197 Å². The molecule has 1 atom stereocenters. The molecule has 2 N–H and O–H groups in total. The Bertz CT molecular complexity index is 1250. The fourth-order valence-electron chi connectivity index (χ4n) is 3.78. The fourth-order valence-corrected chi connectivity index (χ4v) is 3.78. The molecule has 0 unspecified atom stereocenters. The molecule has 1 heterocycles. The maximum absolute atomic E-state index is 14.6. The number of nitrogens with zero attached hydrogens (tertiary/aromatic N) is 2. The van der Waals surface area contributed by atoms with E-state index in [1.165, 1.54) is 6.07 Å². The van der Waals surface area contributed by atoms with Gasteiger partial charge in [0.15, 0.2) is 5.82 Å². The van der Waals surface area contributed by atoms with Crippen molar-refractivity contribution in [3.63, 3.8) is 0 Å². The normalized spacial score (nSPS) is 15.4. The van der Waals surface area contributed by atoms with Crippen LogP contribution < -0.4 is 10.6 Å². The molecule has 1 aromatic heterocycles. The van der Waals surface area contributed by atoms with Crippen LogP contribution in [0.15, 0.2) is 47.0 Å². The molecule has 7 nitrogen and oxygen atoms in total. The summed E-state index contributed by atoms with van der Waals surface area (Å²) >= 11 is 0. The van der Waals surface area contributed by atoms with Gasteiger partial charge in [0.25, 0.3) is 5.89 Å². The summed E-state index contributed by atoms with van der Waals surface area (Å²) in [5.41, 5.74) is 0.797. The highest BCUT2D eigenvalue weighted by Gasteiger charge is 2.52. The number of hydrogen-bond acceptors (Lipinski definition) is 5. The van der Waals surface area contributed by atoms with Crippen LogP contribution in [0.25, 0.3) is 22.6 Å². The summed E-state index contributed by atoms with van der Waals surface area (Å²) in [5, 5.41) is 8.68. The molecule has 2 amide bonds. The van der Waals surface area contributed by atoms with E-state index in [0.717, 1.165) is 0 Å². The number of alkyl halides is 3. The maximum Gasteiger partial charge on any atom is 0.397 e. The molecule has 2 aromatic carbocycles. The van der Waals surface area contributed by atoms with Crippen molar-refractivity contribution in [2.75, 3.05) is 0 Å². The standard InChI is InChI=1S/C24H22F4N4O3/c1-13(29-22(34)23(10-11-23)31-19(33)12-24(26,27)28)15-6-8-16(9-7-15)17-4-3-5-18(25)20(17)21-30-14(2)32-35-21/h3-9,13H,10-12H2,1-2H3,(H,29,34)(H,31,33)/t13-/m1/s1. The van der Waals surface area contributed by atoms with Crippen molar-refractivity contribution in [2.24, 2.45) is 0 Å². The van der Waals surface area contributed by atoms with Crippen LogP contribution in [0.5, 0.6) is 0 Å². The van der Waals surface area contributed by atoms with E-state index in [9.17, 15) is 27.2 Å². The number of rotatable bonds is 7. The van der Waals surface area contributed by atoms with Crippen LogP contribution in [0, 0.1) is 12.7 Å².